The number of aromatic nitrogens is 1. The van der Waals surface area contributed by atoms with E-state index in [0.29, 0.717) is 38.6 Å². The van der Waals surface area contributed by atoms with Gasteiger partial charge < -0.3 is 18.9 Å². The Morgan fingerprint density at radius 1 is 1.05 bits per heavy atom. The zero-order valence-corrected chi connectivity index (χ0v) is 28.6. The molecule has 0 aliphatic rings. The van der Waals surface area contributed by atoms with Gasteiger partial charge in [-0.25, -0.2) is 24.3 Å². The summed E-state index contributed by atoms with van der Waals surface area (Å²) in [5.74, 6) is -0.489. The van der Waals surface area contributed by atoms with Crippen LogP contribution in [0.4, 0.5) is 9.59 Å². The summed E-state index contributed by atoms with van der Waals surface area (Å²) in [7, 11) is 0. The Bertz CT molecular complexity index is 1090. The van der Waals surface area contributed by atoms with Gasteiger partial charge in [0.2, 0.25) is 0 Å². The molecule has 0 radical (unpaired) electrons. The number of nitrogens with zero attached hydrogens (tertiary/aromatic N) is 2. The summed E-state index contributed by atoms with van der Waals surface area (Å²) in [6.45, 7) is 16.4. The van der Waals surface area contributed by atoms with Crippen molar-refractivity contribution < 1.29 is 38.1 Å². The number of carbonyl (C=O) groups excluding carboxylic acids is 4. The van der Waals surface area contributed by atoms with Gasteiger partial charge in [-0.2, -0.15) is 0 Å². The molecular weight excluding hydrogens is 628 g/mol. The molecule has 0 bridgehead atoms. The molecular formula is C30H45BrN2O8S. The van der Waals surface area contributed by atoms with Crippen LogP contribution < -0.4 is 0 Å². The summed E-state index contributed by atoms with van der Waals surface area (Å²) < 4.78 is 22.2. The van der Waals surface area contributed by atoms with Crippen LogP contribution in [0.25, 0.3) is 0 Å². The molecule has 0 aromatic carbocycles. The summed E-state index contributed by atoms with van der Waals surface area (Å²) in [6.07, 6.45) is 3.57. The van der Waals surface area contributed by atoms with Crippen molar-refractivity contribution in [3.8, 4) is 0 Å². The minimum Gasteiger partial charge on any atom is -0.465 e. The molecule has 0 spiro atoms. The van der Waals surface area contributed by atoms with E-state index in [4.69, 9.17) is 23.9 Å². The van der Waals surface area contributed by atoms with Crippen LogP contribution in [0.2, 0.25) is 0 Å². The highest BCUT2D eigenvalue weighted by atomic mass is 79.9. The van der Waals surface area contributed by atoms with Gasteiger partial charge in [-0.3, -0.25) is 4.79 Å². The maximum atomic E-state index is 12.7. The van der Waals surface area contributed by atoms with Crippen LogP contribution in [0.3, 0.4) is 0 Å². The Kier molecular flexibility index (Phi) is 15.5. The molecule has 10 nitrogen and oxygen atoms in total. The second kappa shape index (κ2) is 17.4. The maximum absolute atomic E-state index is 12.7. The topological polar surface area (TPSA) is 121 Å². The largest absolute Gasteiger partial charge is 0.465 e. The fourth-order valence-corrected chi connectivity index (χ4v) is 4.80. The highest BCUT2D eigenvalue weighted by molar-refractivity contribution is 9.11. The van der Waals surface area contributed by atoms with Gasteiger partial charge in [-0.1, -0.05) is 21.5 Å². The standard InChI is InChI=1S/C30H45BrN2O8S/c1-20(14-22(3)38-19-34)15-26(35)39-24(16-21(2)31)17-25-32-23(18-42-25)12-10-11-13-33(27(36)40-29(4,5)6)28(37)41-30(7,8)9/h15-16,18-19,22,24H,10-14,17H2,1-9H3/b20-15+,21-16+. The van der Waals surface area contributed by atoms with E-state index in [1.54, 1.807) is 55.4 Å². The summed E-state index contributed by atoms with van der Waals surface area (Å²) in [5, 5.41) is 2.77. The first-order valence-electron chi connectivity index (χ1n) is 13.9. The quantitative estimate of drug-likeness (QED) is 0.0659. The van der Waals surface area contributed by atoms with E-state index in [9.17, 15) is 19.2 Å². The average Bonchev–Trinajstić information content (AvgIpc) is 3.22. The lowest BCUT2D eigenvalue weighted by atomic mass is 10.1. The van der Waals surface area contributed by atoms with Gasteiger partial charge in [0, 0.05) is 30.8 Å². The van der Waals surface area contributed by atoms with Gasteiger partial charge in [-0.05, 0) is 92.1 Å². The molecule has 2 unspecified atom stereocenters. The molecule has 1 rings (SSSR count). The lowest BCUT2D eigenvalue weighted by molar-refractivity contribution is -0.140. The Morgan fingerprint density at radius 3 is 2.17 bits per heavy atom. The number of ether oxygens (including phenoxy) is 4. The predicted octanol–water partition coefficient (Wildman–Crippen LogP) is 7.29. The number of unbranched alkanes of at least 4 members (excludes halogenated alkanes) is 1. The minimum absolute atomic E-state index is 0.154. The minimum atomic E-state index is -0.747. The second-order valence-electron chi connectivity index (χ2n) is 12.0. The number of amides is 2. The number of imide groups is 1. The number of carbonyl (C=O) groups is 4. The van der Waals surface area contributed by atoms with E-state index in [1.807, 2.05) is 18.4 Å². The van der Waals surface area contributed by atoms with Crippen molar-refractivity contribution in [2.75, 3.05) is 6.54 Å². The van der Waals surface area contributed by atoms with Crippen LogP contribution >= 0.6 is 27.3 Å². The van der Waals surface area contributed by atoms with Crippen molar-refractivity contribution in [1.29, 1.82) is 0 Å². The Labute approximate surface area is 261 Å². The van der Waals surface area contributed by atoms with Crippen molar-refractivity contribution in [3.05, 3.63) is 38.3 Å². The molecule has 42 heavy (non-hydrogen) atoms. The van der Waals surface area contributed by atoms with E-state index < -0.39 is 35.5 Å². The van der Waals surface area contributed by atoms with Gasteiger partial charge >= 0.3 is 18.2 Å². The van der Waals surface area contributed by atoms with Crippen molar-refractivity contribution in [3.63, 3.8) is 0 Å². The third-order valence-corrected chi connectivity index (χ3v) is 6.40. The summed E-state index contributed by atoms with van der Waals surface area (Å²) in [5.41, 5.74) is 0.118. The van der Waals surface area contributed by atoms with E-state index in [2.05, 4.69) is 15.9 Å². The van der Waals surface area contributed by atoms with Crippen molar-refractivity contribution in [2.45, 2.75) is 118 Å². The Morgan fingerprint density at radius 2 is 1.64 bits per heavy atom. The number of hydrogen-bond acceptors (Lipinski definition) is 10. The molecule has 2 atom stereocenters. The van der Waals surface area contributed by atoms with Crippen LogP contribution in [0.15, 0.2) is 27.6 Å². The average molecular weight is 674 g/mol. The van der Waals surface area contributed by atoms with Crippen molar-refractivity contribution in [2.24, 2.45) is 0 Å². The first kappa shape index (κ1) is 37.3. The predicted molar refractivity (Wildman–Crippen MR) is 165 cm³/mol. The molecule has 12 heteroatoms. The molecule has 2 amide bonds. The summed E-state index contributed by atoms with van der Waals surface area (Å²) in [6, 6.07) is 0. The number of allylic oxidation sites excluding steroid dienone is 1. The number of thiazole rings is 1. The van der Waals surface area contributed by atoms with Gasteiger partial charge in [0.1, 0.15) is 23.4 Å². The van der Waals surface area contributed by atoms with Crippen molar-refractivity contribution >= 4 is 51.9 Å². The lowest BCUT2D eigenvalue weighted by Gasteiger charge is -2.28. The van der Waals surface area contributed by atoms with Gasteiger partial charge in [0.05, 0.1) is 10.7 Å². The van der Waals surface area contributed by atoms with E-state index in [1.165, 1.54) is 17.4 Å². The van der Waals surface area contributed by atoms with Gasteiger partial charge in [0.15, 0.2) is 0 Å². The Hall–Kier alpha value is -2.73. The van der Waals surface area contributed by atoms with E-state index in [0.717, 1.165) is 25.7 Å². The van der Waals surface area contributed by atoms with Gasteiger partial charge in [0.25, 0.3) is 6.47 Å². The number of esters is 1. The zero-order chi connectivity index (χ0) is 32.1. The fourth-order valence-electron chi connectivity index (χ4n) is 3.63. The highest BCUT2D eigenvalue weighted by Gasteiger charge is 2.30. The van der Waals surface area contributed by atoms with Crippen LogP contribution in [-0.4, -0.2) is 64.5 Å². The van der Waals surface area contributed by atoms with E-state index >= 15 is 0 Å². The molecule has 1 aromatic heterocycles. The maximum Gasteiger partial charge on any atom is 0.419 e. The number of aryl methyl sites for hydroxylation is 1. The third-order valence-electron chi connectivity index (χ3n) is 5.21. The lowest BCUT2D eigenvalue weighted by Crippen LogP contribution is -2.44. The van der Waals surface area contributed by atoms with Gasteiger partial charge in [-0.15, -0.1) is 11.3 Å². The molecule has 0 saturated carbocycles. The highest BCUT2D eigenvalue weighted by Crippen LogP contribution is 2.19. The molecule has 1 heterocycles. The fraction of sp³-hybridized carbons (Fsp3) is 0.633. The Balaban J connectivity index is 2.77. The number of halogens is 1. The zero-order valence-electron chi connectivity index (χ0n) is 26.2. The molecule has 0 N–H and O–H groups in total. The molecule has 236 valence electrons. The number of rotatable bonds is 14. The summed E-state index contributed by atoms with van der Waals surface area (Å²) >= 11 is 4.88. The van der Waals surface area contributed by atoms with E-state index in [-0.39, 0.29) is 12.6 Å². The SMILES string of the molecule is C/C(Br)=C\C(Cc1nc(CCCCN(C(=O)OC(C)(C)C)C(=O)OC(C)(C)C)cs1)OC(=O)/C=C(\C)CC(C)OC=O. The molecule has 0 fully saturated rings. The monoisotopic (exact) mass is 672 g/mol. The van der Waals surface area contributed by atoms with Crippen LogP contribution in [-0.2, 0) is 41.4 Å². The van der Waals surface area contributed by atoms with Crippen molar-refractivity contribution in [1.82, 2.24) is 9.88 Å². The smallest absolute Gasteiger partial charge is 0.419 e. The molecule has 0 aliphatic carbocycles. The van der Waals surface area contributed by atoms with Crippen LogP contribution in [0, 0.1) is 0 Å². The first-order chi connectivity index (χ1) is 19.4. The van der Waals surface area contributed by atoms with Crippen LogP contribution in [0.5, 0.6) is 0 Å². The summed E-state index contributed by atoms with van der Waals surface area (Å²) in [4.78, 5) is 54.0. The third kappa shape index (κ3) is 16.6. The molecule has 0 saturated heterocycles. The normalized spacial score (nSPS) is 14.0. The molecule has 1 aromatic rings. The second-order valence-corrected chi connectivity index (χ2v) is 14.2. The first-order valence-corrected chi connectivity index (χ1v) is 15.5. The number of hydrogen-bond donors (Lipinski definition) is 0. The molecule has 0 aliphatic heterocycles. The van der Waals surface area contributed by atoms with Crippen LogP contribution in [0.1, 0.15) is 92.3 Å².